The summed E-state index contributed by atoms with van der Waals surface area (Å²) in [6.07, 6.45) is 5.72. The predicted molar refractivity (Wildman–Crippen MR) is 87.8 cm³/mol. The SMILES string of the molecule is CCC1CN2CCCC2CN1C(=O)[C@H]1CCN[C@@H](C)C1.Cl. The lowest BCUT2D eigenvalue weighted by Gasteiger charge is -2.45. The molecule has 0 aromatic rings. The minimum Gasteiger partial charge on any atom is -0.337 e. The molecule has 0 aromatic carbocycles. The van der Waals surface area contributed by atoms with Gasteiger partial charge in [-0.25, -0.2) is 0 Å². The molecule has 4 atom stereocenters. The summed E-state index contributed by atoms with van der Waals surface area (Å²) in [5.74, 6) is 0.699. The van der Waals surface area contributed by atoms with Gasteiger partial charge in [0.25, 0.3) is 0 Å². The van der Waals surface area contributed by atoms with Gasteiger partial charge in [0.1, 0.15) is 0 Å². The van der Waals surface area contributed by atoms with E-state index < -0.39 is 0 Å². The van der Waals surface area contributed by atoms with Gasteiger partial charge in [-0.3, -0.25) is 9.69 Å². The van der Waals surface area contributed by atoms with Gasteiger partial charge in [-0.2, -0.15) is 0 Å². The predicted octanol–water partition coefficient (Wildman–Crippen LogP) is 1.88. The van der Waals surface area contributed by atoms with Crippen LogP contribution < -0.4 is 5.32 Å². The molecule has 3 aliphatic heterocycles. The van der Waals surface area contributed by atoms with Crippen molar-refractivity contribution < 1.29 is 4.79 Å². The van der Waals surface area contributed by atoms with Crippen LogP contribution in [0, 0.1) is 5.92 Å². The van der Waals surface area contributed by atoms with Crippen LogP contribution in [0.5, 0.6) is 0 Å². The van der Waals surface area contributed by atoms with Crippen molar-refractivity contribution in [3.05, 3.63) is 0 Å². The third-order valence-electron chi connectivity index (χ3n) is 5.52. The fourth-order valence-corrected chi connectivity index (χ4v) is 4.30. The van der Waals surface area contributed by atoms with Gasteiger partial charge in [0.2, 0.25) is 5.91 Å². The van der Waals surface area contributed by atoms with Crippen LogP contribution in [-0.2, 0) is 4.79 Å². The number of carbonyl (C=O) groups is 1. The molecular weight excluding hydrogens is 286 g/mol. The van der Waals surface area contributed by atoms with Crippen LogP contribution in [0.4, 0.5) is 0 Å². The molecule has 3 rings (SSSR count). The molecule has 5 heteroatoms. The molecule has 0 aromatic heterocycles. The Balaban J connectivity index is 0.00000161. The number of hydrogen-bond donors (Lipinski definition) is 1. The molecule has 122 valence electrons. The molecule has 0 aliphatic carbocycles. The Morgan fingerprint density at radius 3 is 2.81 bits per heavy atom. The molecule has 3 heterocycles. The van der Waals surface area contributed by atoms with Gasteiger partial charge < -0.3 is 10.2 Å². The minimum atomic E-state index is 0. The highest BCUT2D eigenvalue weighted by Gasteiger charge is 2.40. The number of amides is 1. The lowest BCUT2D eigenvalue weighted by molar-refractivity contribution is -0.143. The highest BCUT2D eigenvalue weighted by molar-refractivity contribution is 5.85. The summed E-state index contributed by atoms with van der Waals surface area (Å²) in [5, 5.41) is 3.45. The fraction of sp³-hybridized carbons (Fsp3) is 0.938. The number of carbonyl (C=O) groups excluding carboxylic acids is 1. The van der Waals surface area contributed by atoms with E-state index in [0.29, 0.717) is 24.0 Å². The molecule has 4 nitrogen and oxygen atoms in total. The van der Waals surface area contributed by atoms with Gasteiger partial charge in [0.05, 0.1) is 0 Å². The third-order valence-corrected chi connectivity index (χ3v) is 5.52. The molecule has 0 bridgehead atoms. The first kappa shape index (κ1) is 17.0. The van der Waals surface area contributed by atoms with Crippen molar-refractivity contribution in [3.8, 4) is 0 Å². The monoisotopic (exact) mass is 315 g/mol. The number of rotatable bonds is 2. The molecule has 1 N–H and O–H groups in total. The topological polar surface area (TPSA) is 35.6 Å². The second-order valence-electron chi connectivity index (χ2n) is 6.92. The Labute approximate surface area is 135 Å². The summed E-state index contributed by atoms with van der Waals surface area (Å²) >= 11 is 0. The summed E-state index contributed by atoms with van der Waals surface area (Å²) in [4.78, 5) is 17.8. The van der Waals surface area contributed by atoms with Crippen molar-refractivity contribution >= 4 is 18.3 Å². The number of halogens is 1. The first-order valence-electron chi connectivity index (χ1n) is 8.47. The van der Waals surface area contributed by atoms with E-state index in [1.165, 1.54) is 19.4 Å². The number of hydrogen-bond acceptors (Lipinski definition) is 3. The lowest BCUT2D eigenvalue weighted by atomic mass is 9.90. The number of fused-ring (bicyclic) bond motifs is 1. The Kier molecular flexibility index (Phi) is 5.92. The van der Waals surface area contributed by atoms with Gasteiger partial charge in [0, 0.05) is 37.1 Å². The first-order chi connectivity index (χ1) is 9.69. The summed E-state index contributed by atoms with van der Waals surface area (Å²) in [7, 11) is 0. The van der Waals surface area contributed by atoms with Gasteiger partial charge in [-0.05, 0) is 52.1 Å². The molecule has 1 amide bonds. The van der Waals surface area contributed by atoms with Crippen LogP contribution in [0.3, 0.4) is 0 Å². The van der Waals surface area contributed by atoms with Crippen molar-refractivity contribution in [1.29, 1.82) is 0 Å². The van der Waals surface area contributed by atoms with Crippen LogP contribution >= 0.6 is 12.4 Å². The van der Waals surface area contributed by atoms with Crippen molar-refractivity contribution in [2.45, 2.75) is 64.1 Å². The number of nitrogens with one attached hydrogen (secondary N) is 1. The lowest BCUT2D eigenvalue weighted by Crippen LogP contribution is -2.59. The van der Waals surface area contributed by atoms with Crippen LogP contribution in [-0.4, -0.2) is 60.0 Å². The Morgan fingerprint density at radius 2 is 2.10 bits per heavy atom. The summed E-state index contributed by atoms with van der Waals surface area (Å²) in [6.45, 7) is 8.76. The van der Waals surface area contributed by atoms with Crippen LogP contribution in [0.25, 0.3) is 0 Å². The van der Waals surface area contributed by atoms with E-state index in [9.17, 15) is 4.79 Å². The highest BCUT2D eigenvalue weighted by atomic mass is 35.5. The molecule has 21 heavy (non-hydrogen) atoms. The van der Waals surface area contributed by atoms with E-state index in [0.717, 1.165) is 38.9 Å². The fourth-order valence-electron chi connectivity index (χ4n) is 4.30. The van der Waals surface area contributed by atoms with E-state index in [4.69, 9.17) is 0 Å². The van der Waals surface area contributed by atoms with Crippen molar-refractivity contribution in [3.63, 3.8) is 0 Å². The molecule has 3 fully saturated rings. The maximum atomic E-state index is 12.9. The molecule has 3 saturated heterocycles. The van der Waals surface area contributed by atoms with Crippen molar-refractivity contribution in [2.24, 2.45) is 5.92 Å². The zero-order valence-corrected chi connectivity index (χ0v) is 14.2. The Morgan fingerprint density at radius 1 is 1.29 bits per heavy atom. The average molecular weight is 316 g/mol. The second kappa shape index (κ2) is 7.30. The number of nitrogens with zero attached hydrogens (tertiary/aromatic N) is 2. The van der Waals surface area contributed by atoms with E-state index in [2.05, 4.69) is 29.0 Å². The van der Waals surface area contributed by atoms with E-state index >= 15 is 0 Å². The van der Waals surface area contributed by atoms with Gasteiger partial charge in [-0.1, -0.05) is 6.92 Å². The normalized spacial score (nSPS) is 37.0. The van der Waals surface area contributed by atoms with Crippen LogP contribution in [0.15, 0.2) is 0 Å². The van der Waals surface area contributed by atoms with E-state index in [-0.39, 0.29) is 18.3 Å². The smallest absolute Gasteiger partial charge is 0.226 e. The molecular formula is C16H30ClN3O. The largest absolute Gasteiger partial charge is 0.337 e. The third kappa shape index (κ3) is 3.54. The zero-order valence-electron chi connectivity index (χ0n) is 13.4. The second-order valence-corrected chi connectivity index (χ2v) is 6.92. The average Bonchev–Trinajstić information content (AvgIpc) is 2.92. The Bertz CT molecular complexity index is 365. The van der Waals surface area contributed by atoms with Crippen molar-refractivity contribution in [2.75, 3.05) is 26.2 Å². The number of piperidine rings is 1. The number of piperazine rings is 1. The van der Waals surface area contributed by atoms with Crippen molar-refractivity contribution in [1.82, 2.24) is 15.1 Å². The van der Waals surface area contributed by atoms with Crippen LogP contribution in [0.2, 0.25) is 0 Å². The summed E-state index contributed by atoms with van der Waals surface area (Å²) in [6, 6.07) is 1.58. The standard InChI is InChI=1S/C16H29N3O.ClH/c1-3-14-10-18-8-4-5-15(18)11-19(14)16(20)13-6-7-17-12(2)9-13;/h12-15,17H,3-11H2,1-2H3;1H/t12-,13-,14?,15?;/m0./s1. The highest BCUT2D eigenvalue weighted by Crippen LogP contribution is 2.28. The molecule has 2 unspecified atom stereocenters. The first-order valence-corrected chi connectivity index (χ1v) is 8.47. The van der Waals surface area contributed by atoms with Gasteiger partial charge in [-0.15, -0.1) is 12.4 Å². The van der Waals surface area contributed by atoms with Gasteiger partial charge in [0.15, 0.2) is 0 Å². The summed E-state index contributed by atoms with van der Waals surface area (Å²) in [5.41, 5.74) is 0. The van der Waals surface area contributed by atoms with Gasteiger partial charge >= 0.3 is 0 Å². The van der Waals surface area contributed by atoms with E-state index in [1.54, 1.807) is 0 Å². The minimum absolute atomic E-state index is 0. The summed E-state index contributed by atoms with van der Waals surface area (Å²) < 4.78 is 0. The van der Waals surface area contributed by atoms with E-state index in [1.807, 2.05) is 0 Å². The molecule has 0 saturated carbocycles. The molecule has 0 radical (unpaired) electrons. The van der Waals surface area contributed by atoms with Crippen LogP contribution in [0.1, 0.15) is 46.0 Å². The molecule has 3 aliphatic rings. The quantitative estimate of drug-likeness (QED) is 0.845. The maximum Gasteiger partial charge on any atom is 0.226 e. The molecule has 0 spiro atoms. The maximum absolute atomic E-state index is 12.9. The Hall–Kier alpha value is -0.320. The zero-order chi connectivity index (χ0) is 14.1.